The summed E-state index contributed by atoms with van der Waals surface area (Å²) in [4.78, 5) is 4.20. The molecule has 0 saturated carbocycles. The summed E-state index contributed by atoms with van der Waals surface area (Å²) in [5.41, 5.74) is 0. The van der Waals surface area contributed by atoms with Crippen LogP contribution in [0.1, 0.15) is 26.7 Å². The molecule has 0 fully saturated rings. The van der Waals surface area contributed by atoms with E-state index in [0.29, 0.717) is 6.10 Å². The van der Waals surface area contributed by atoms with Crippen molar-refractivity contribution in [3.8, 4) is 0 Å². The fourth-order valence-corrected chi connectivity index (χ4v) is 0.889. The quantitative estimate of drug-likeness (QED) is 0.552. The van der Waals surface area contributed by atoms with Crippen LogP contribution in [-0.2, 0) is 4.74 Å². The molecule has 1 aliphatic heterocycles. The van der Waals surface area contributed by atoms with Crippen LogP contribution in [0.2, 0.25) is 0 Å². The molecule has 0 amide bonds. The van der Waals surface area contributed by atoms with Gasteiger partial charge < -0.3 is 4.74 Å². The zero-order valence-electron chi connectivity index (χ0n) is 6.05. The van der Waals surface area contributed by atoms with Gasteiger partial charge in [-0.3, -0.25) is 4.99 Å². The summed E-state index contributed by atoms with van der Waals surface area (Å²) in [7, 11) is 0. The predicted molar refractivity (Wildman–Crippen MR) is 37.8 cm³/mol. The summed E-state index contributed by atoms with van der Waals surface area (Å²) < 4.78 is 5.35. The Morgan fingerprint density at radius 1 is 1.78 bits per heavy atom. The molecule has 0 aromatic rings. The smallest absolute Gasteiger partial charge is 0.183 e. The summed E-state index contributed by atoms with van der Waals surface area (Å²) in [5.74, 6) is 0.949. The lowest BCUT2D eigenvalue weighted by Gasteiger charge is -2.02. The summed E-state index contributed by atoms with van der Waals surface area (Å²) in [6.07, 6.45) is 2.46. The topological polar surface area (TPSA) is 21.6 Å². The van der Waals surface area contributed by atoms with Gasteiger partial charge in [-0.15, -0.1) is 0 Å². The zero-order valence-corrected chi connectivity index (χ0v) is 6.05. The molecule has 0 saturated heterocycles. The van der Waals surface area contributed by atoms with Gasteiger partial charge in [0.2, 0.25) is 0 Å². The first-order valence-electron chi connectivity index (χ1n) is 3.53. The Labute approximate surface area is 55.9 Å². The van der Waals surface area contributed by atoms with Gasteiger partial charge in [0.25, 0.3) is 0 Å². The van der Waals surface area contributed by atoms with Gasteiger partial charge in [-0.05, 0) is 13.3 Å². The molecule has 2 heteroatoms. The molecule has 1 unspecified atom stereocenters. The Bertz CT molecular complexity index is 120. The molecule has 9 heavy (non-hydrogen) atoms. The highest BCUT2D eigenvalue weighted by Gasteiger charge is 2.12. The summed E-state index contributed by atoms with van der Waals surface area (Å²) in [6.45, 7) is 5.04. The second-order valence-electron chi connectivity index (χ2n) is 2.41. The van der Waals surface area contributed by atoms with E-state index in [-0.39, 0.29) is 0 Å². The van der Waals surface area contributed by atoms with E-state index in [2.05, 4.69) is 11.9 Å². The predicted octanol–water partition coefficient (Wildman–Crippen LogP) is 1.60. The molecule has 1 atom stereocenters. The number of rotatable bonds is 2. The Morgan fingerprint density at radius 3 is 3.00 bits per heavy atom. The van der Waals surface area contributed by atoms with Crippen LogP contribution in [0, 0.1) is 0 Å². The third-order valence-electron chi connectivity index (χ3n) is 1.33. The highest BCUT2D eigenvalue weighted by atomic mass is 16.5. The molecule has 1 heterocycles. The maximum absolute atomic E-state index is 5.35. The number of hydrogen-bond acceptors (Lipinski definition) is 2. The Kier molecular flexibility index (Phi) is 2.09. The Balaban J connectivity index is 2.27. The molecule has 0 aromatic carbocycles. The molecule has 0 spiro atoms. The molecular weight excluding hydrogens is 114 g/mol. The van der Waals surface area contributed by atoms with E-state index in [1.165, 1.54) is 0 Å². The van der Waals surface area contributed by atoms with Gasteiger partial charge in [-0.25, -0.2) is 0 Å². The first-order valence-corrected chi connectivity index (χ1v) is 3.53. The van der Waals surface area contributed by atoms with E-state index >= 15 is 0 Å². The lowest BCUT2D eigenvalue weighted by Crippen LogP contribution is -2.06. The van der Waals surface area contributed by atoms with Gasteiger partial charge in [0.1, 0.15) is 6.10 Å². The van der Waals surface area contributed by atoms with Crippen molar-refractivity contribution < 1.29 is 4.74 Å². The number of nitrogens with zero attached hydrogens (tertiary/aromatic N) is 1. The van der Waals surface area contributed by atoms with Crippen molar-refractivity contribution in [1.29, 1.82) is 0 Å². The number of aliphatic imine (C=N–C) groups is 1. The van der Waals surface area contributed by atoms with E-state index in [9.17, 15) is 0 Å². The molecule has 52 valence electrons. The van der Waals surface area contributed by atoms with Gasteiger partial charge >= 0.3 is 0 Å². The van der Waals surface area contributed by atoms with E-state index in [4.69, 9.17) is 4.74 Å². The maximum Gasteiger partial charge on any atom is 0.183 e. The van der Waals surface area contributed by atoms with Crippen LogP contribution >= 0.6 is 0 Å². The molecule has 1 aliphatic rings. The maximum atomic E-state index is 5.35. The van der Waals surface area contributed by atoms with Crippen LogP contribution in [0.4, 0.5) is 0 Å². The fraction of sp³-hybridized carbons (Fsp3) is 0.857. The molecule has 0 radical (unpaired) electrons. The van der Waals surface area contributed by atoms with E-state index in [1.807, 2.05) is 6.92 Å². The van der Waals surface area contributed by atoms with Crippen molar-refractivity contribution in [2.45, 2.75) is 32.8 Å². The lowest BCUT2D eigenvalue weighted by molar-refractivity contribution is 0.239. The van der Waals surface area contributed by atoms with Gasteiger partial charge in [0.15, 0.2) is 5.90 Å². The van der Waals surface area contributed by atoms with Crippen LogP contribution in [0.3, 0.4) is 0 Å². The van der Waals surface area contributed by atoms with Crippen LogP contribution in [0.25, 0.3) is 0 Å². The minimum Gasteiger partial charge on any atom is -0.476 e. The van der Waals surface area contributed by atoms with Crippen molar-refractivity contribution in [2.75, 3.05) is 6.54 Å². The van der Waals surface area contributed by atoms with Gasteiger partial charge in [-0.1, -0.05) is 6.92 Å². The number of hydrogen-bond donors (Lipinski definition) is 0. The molecule has 0 aliphatic carbocycles. The SMILES string of the molecule is CCCC1=NCC(C)O1. The largest absolute Gasteiger partial charge is 0.476 e. The standard InChI is InChI=1S/C7H13NO/c1-3-4-7-8-5-6(2)9-7/h6H,3-5H2,1-2H3. The van der Waals surface area contributed by atoms with Crippen molar-refractivity contribution in [1.82, 2.24) is 0 Å². The molecule has 0 aromatic heterocycles. The van der Waals surface area contributed by atoms with Crippen LogP contribution < -0.4 is 0 Å². The van der Waals surface area contributed by atoms with E-state index in [1.54, 1.807) is 0 Å². The minimum absolute atomic E-state index is 0.326. The third-order valence-corrected chi connectivity index (χ3v) is 1.33. The Hall–Kier alpha value is -0.530. The van der Waals surface area contributed by atoms with Gasteiger partial charge in [0, 0.05) is 6.42 Å². The van der Waals surface area contributed by atoms with Crippen LogP contribution in [0.5, 0.6) is 0 Å². The molecule has 0 bridgehead atoms. The average Bonchev–Trinajstić information content (AvgIpc) is 2.17. The summed E-state index contributed by atoms with van der Waals surface area (Å²) in [6, 6.07) is 0. The third kappa shape index (κ3) is 1.70. The Morgan fingerprint density at radius 2 is 2.56 bits per heavy atom. The zero-order chi connectivity index (χ0) is 6.69. The second kappa shape index (κ2) is 2.85. The lowest BCUT2D eigenvalue weighted by atomic mass is 10.3. The number of ether oxygens (including phenoxy) is 1. The minimum atomic E-state index is 0.326. The van der Waals surface area contributed by atoms with E-state index in [0.717, 1.165) is 25.3 Å². The van der Waals surface area contributed by atoms with E-state index < -0.39 is 0 Å². The first kappa shape index (κ1) is 6.59. The molecule has 1 rings (SSSR count). The fourth-order valence-electron chi connectivity index (χ4n) is 0.889. The normalized spacial score (nSPS) is 25.6. The van der Waals surface area contributed by atoms with Crippen LogP contribution in [0.15, 0.2) is 4.99 Å². The molecular formula is C7H13NO. The summed E-state index contributed by atoms with van der Waals surface area (Å²) in [5, 5.41) is 0. The second-order valence-corrected chi connectivity index (χ2v) is 2.41. The highest BCUT2D eigenvalue weighted by molar-refractivity contribution is 5.77. The highest BCUT2D eigenvalue weighted by Crippen LogP contribution is 2.06. The van der Waals surface area contributed by atoms with Gasteiger partial charge in [-0.2, -0.15) is 0 Å². The molecule has 0 N–H and O–H groups in total. The van der Waals surface area contributed by atoms with Crippen molar-refractivity contribution >= 4 is 5.90 Å². The van der Waals surface area contributed by atoms with Crippen molar-refractivity contribution in [2.24, 2.45) is 4.99 Å². The van der Waals surface area contributed by atoms with Crippen LogP contribution in [-0.4, -0.2) is 18.5 Å². The monoisotopic (exact) mass is 127 g/mol. The van der Waals surface area contributed by atoms with Crippen molar-refractivity contribution in [3.05, 3.63) is 0 Å². The van der Waals surface area contributed by atoms with Gasteiger partial charge in [0.05, 0.1) is 6.54 Å². The summed E-state index contributed by atoms with van der Waals surface area (Å²) >= 11 is 0. The van der Waals surface area contributed by atoms with Crippen molar-refractivity contribution in [3.63, 3.8) is 0 Å². The average molecular weight is 127 g/mol. The molecule has 2 nitrogen and oxygen atoms in total. The first-order chi connectivity index (χ1) is 4.33.